The second kappa shape index (κ2) is 7.11. The highest BCUT2D eigenvalue weighted by atomic mass is 16.3. The Bertz CT molecular complexity index is 731. The van der Waals surface area contributed by atoms with Crippen LogP contribution in [0.1, 0.15) is 31.2 Å². The van der Waals surface area contributed by atoms with Crippen molar-refractivity contribution in [2.45, 2.75) is 44.3 Å². The minimum atomic E-state index is -0.462. The number of fused-ring (bicyclic) bond motifs is 1. The van der Waals surface area contributed by atoms with Crippen molar-refractivity contribution < 1.29 is 9.90 Å². The summed E-state index contributed by atoms with van der Waals surface area (Å²) in [6.45, 7) is 1.01. The third-order valence-corrected chi connectivity index (χ3v) is 5.79. The number of aliphatic hydroxyl groups is 1. The van der Waals surface area contributed by atoms with E-state index in [1.807, 2.05) is 23.1 Å². The van der Waals surface area contributed by atoms with Crippen molar-refractivity contribution >= 4 is 11.7 Å². The van der Waals surface area contributed by atoms with Crippen LogP contribution in [0.15, 0.2) is 41.7 Å². The first-order valence-corrected chi connectivity index (χ1v) is 9.49. The van der Waals surface area contributed by atoms with E-state index in [0.717, 1.165) is 32.1 Å². The Balaban J connectivity index is 1.42. The Labute approximate surface area is 153 Å². The number of benzene rings is 1. The van der Waals surface area contributed by atoms with Crippen molar-refractivity contribution in [3.05, 3.63) is 47.2 Å². The number of aliphatic hydroxyl groups excluding tert-OH is 1. The summed E-state index contributed by atoms with van der Waals surface area (Å²) in [6, 6.07) is 10.3. The van der Waals surface area contributed by atoms with Gasteiger partial charge in [-0.1, -0.05) is 43.2 Å². The van der Waals surface area contributed by atoms with Crippen LogP contribution in [0.3, 0.4) is 0 Å². The molecule has 1 amide bonds. The second-order valence-electron chi connectivity index (χ2n) is 7.47. The largest absolute Gasteiger partial charge is 0.510 e. The van der Waals surface area contributed by atoms with Crippen molar-refractivity contribution in [3.8, 4) is 0 Å². The summed E-state index contributed by atoms with van der Waals surface area (Å²) in [4.78, 5) is 14.3. The highest BCUT2D eigenvalue weighted by molar-refractivity contribution is 6.00. The molecule has 3 unspecified atom stereocenters. The summed E-state index contributed by atoms with van der Waals surface area (Å²) in [6.07, 6.45) is 4.47. The number of amides is 1. The van der Waals surface area contributed by atoms with Crippen molar-refractivity contribution in [2.75, 3.05) is 13.1 Å². The fourth-order valence-electron chi connectivity index (χ4n) is 4.36. The lowest BCUT2D eigenvalue weighted by Gasteiger charge is -2.40. The van der Waals surface area contributed by atoms with Gasteiger partial charge in [0.25, 0.3) is 0 Å². The Hall–Kier alpha value is -2.34. The zero-order valence-electron chi connectivity index (χ0n) is 14.9. The fraction of sp³-hybridized carbons (Fsp3) is 0.500. The van der Waals surface area contributed by atoms with Crippen LogP contribution in [-0.4, -0.2) is 47.0 Å². The molecule has 2 fully saturated rings. The molecule has 2 heterocycles. The number of amidine groups is 1. The maximum absolute atomic E-state index is 12.5. The summed E-state index contributed by atoms with van der Waals surface area (Å²) in [5, 5.41) is 25.4. The molecule has 3 atom stereocenters. The number of nitrogens with zero attached hydrogens (tertiary/aromatic N) is 1. The normalized spacial score (nSPS) is 28.9. The Morgan fingerprint density at radius 3 is 2.77 bits per heavy atom. The lowest BCUT2D eigenvalue weighted by atomic mass is 9.82. The predicted molar refractivity (Wildman–Crippen MR) is 99.9 cm³/mol. The first kappa shape index (κ1) is 17.1. The molecule has 2 aliphatic heterocycles. The lowest BCUT2D eigenvalue weighted by molar-refractivity contribution is -0.130. The van der Waals surface area contributed by atoms with Gasteiger partial charge >= 0.3 is 0 Å². The van der Waals surface area contributed by atoms with Crippen LogP contribution in [-0.2, 0) is 11.2 Å². The van der Waals surface area contributed by atoms with Gasteiger partial charge in [-0.2, -0.15) is 0 Å². The topological polar surface area (TPSA) is 88.5 Å². The molecule has 0 radical (unpaired) electrons. The molecule has 0 bridgehead atoms. The van der Waals surface area contributed by atoms with E-state index in [1.165, 1.54) is 5.56 Å². The highest BCUT2D eigenvalue weighted by Crippen LogP contribution is 2.30. The first-order chi connectivity index (χ1) is 12.6. The third-order valence-electron chi connectivity index (χ3n) is 5.79. The lowest BCUT2D eigenvalue weighted by Crippen LogP contribution is -2.63. The van der Waals surface area contributed by atoms with E-state index in [-0.39, 0.29) is 23.6 Å². The number of hydrogen-bond acceptors (Lipinski definition) is 4. The second-order valence-corrected chi connectivity index (χ2v) is 7.47. The number of hydrogen-bond donors (Lipinski definition) is 4. The molecule has 1 saturated heterocycles. The maximum Gasteiger partial charge on any atom is 0.226 e. The van der Waals surface area contributed by atoms with Gasteiger partial charge in [-0.25, -0.2) is 0 Å². The summed E-state index contributed by atoms with van der Waals surface area (Å²) < 4.78 is 0. The fourth-order valence-corrected chi connectivity index (χ4v) is 4.36. The van der Waals surface area contributed by atoms with Gasteiger partial charge in [0.15, 0.2) is 0 Å². The molecule has 1 saturated carbocycles. The number of carbonyl (C=O) groups excluding carboxylic acids is 1. The Morgan fingerprint density at radius 2 is 1.96 bits per heavy atom. The van der Waals surface area contributed by atoms with Gasteiger partial charge in [0.1, 0.15) is 17.8 Å². The summed E-state index contributed by atoms with van der Waals surface area (Å²) in [5.74, 6) is 0.572. The monoisotopic (exact) mass is 354 g/mol. The molecule has 4 rings (SSSR count). The number of carbonyl (C=O) groups is 1. The van der Waals surface area contributed by atoms with Gasteiger partial charge in [0.05, 0.1) is 18.0 Å². The van der Waals surface area contributed by atoms with Crippen molar-refractivity contribution in [1.82, 2.24) is 15.5 Å². The minimum absolute atomic E-state index is 0.0208. The van der Waals surface area contributed by atoms with Crippen LogP contribution in [0.25, 0.3) is 0 Å². The molecule has 26 heavy (non-hydrogen) atoms. The average molecular weight is 354 g/mol. The molecule has 6 nitrogen and oxygen atoms in total. The minimum Gasteiger partial charge on any atom is -0.510 e. The molecule has 1 aliphatic carbocycles. The van der Waals surface area contributed by atoms with Gasteiger partial charge < -0.3 is 15.3 Å². The van der Waals surface area contributed by atoms with Crippen LogP contribution >= 0.6 is 0 Å². The van der Waals surface area contributed by atoms with Crippen molar-refractivity contribution in [3.63, 3.8) is 0 Å². The quantitative estimate of drug-likeness (QED) is 0.665. The Kier molecular flexibility index (Phi) is 4.68. The molecule has 1 aromatic rings. The Morgan fingerprint density at radius 1 is 1.19 bits per heavy atom. The van der Waals surface area contributed by atoms with Crippen LogP contribution < -0.4 is 10.6 Å². The first-order valence-electron chi connectivity index (χ1n) is 9.49. The van der Waals surface area contributed by atoms with E-state index in [0.29, 0.717) is 24.5 Å². The van der Waals surface area contributed by atoms with E-state index in [9.17, 15) is 9.90 Å². The molecule has 0 spiro atoms. The average Bonchev–Trinajstić information content (AvgIpc) is 2.94. The van der Waals surface area contributed by atoms with Crippen LogP contribution in [0.4, 0.5) is 0 Å². The summed E-state index contributed by atoms with van der Waals surface area (Å²) >= 11 is 0. The molecule has 0 aromatic heterocycles. The van der Waals surface area contributed by atoms with Crippen molar-refractivity contribution in [2.24, 2.45) is 5.92 Å². The zero-order valence-corrected chi connectivity index (χ0v) is 14.9. The van der Waals surface area contributed by atoms with E-state index < -0.39 is 6.17 Å². The number of nitrogens with one attached hydrogen (secondary N) is 3. The number of rotatable bonds is 4. The van der Waals surface area contributed by atoms with Gasteiger partial charge in [-0.3, -0.25) is 15.5 Å². The summed E-state index contributed by atoms with van der Waals surface area (Å²) in [7, 11) is 0. The summed E-state index contributed by atoms with van der Waals surface area (Å²) in [5.41, 5.74) is 1.73. The van der Waals surface area contributed by atoms with Gasteiger partial charge in [-0.15, -0.1) is 0 Å². The third kappa shape index (κ3) is 3.21. The highest BCUT2D eigenvalue weighted by Gasteiger charge is 2.42. The predicted octanol–water partition coefficient (Wildman–Crippen LogP) is 1.94. The van der Waals surface area contributed by atoms with E-state index in [4.69, 9.17) is 5.41 Å². The van der Waals surface area contributed by atoms with E-state index in [2.05, 4.69) is 22.8 Å². The molecule has 6 heteroatoms. The van der Waals surface area contributed by atoms with Crippen LogP contribution in [0.5, 0.6) is 0 Å². The van der Waals surface area contributed by atoms with Gasteiger partial charge in [0.2, 0.25) is 5.91 Å². The standard InChI is InChI=1S/C20H26N4O2/c21-18-17(19-22-15-9-5-4-8-14(15)20(26)23-19)16(25)12-24(18)11-10-13-6-2-1-3-7-13/h1-3,6-7,14-15,19,21-22,25H,4-5,8-12H2,(H,23,26). The van der Waals surface area contributed by atoms with Gasteiger partial charge in [-0.05, 0) is 24.8 Å². The molecule has 138 valence electrons. The molecule has 3 aliphatic rings. The van der Waals surface area contributed by atoms with Crippen LogP contribution in [0.2, 0.25) is 0 Å². The van der Waals surface area contributed by atoms with Gasteiger partial charge in [0, 0.05) is 12.6 Å². The van der Waals surface area contributed by atoms with E-state index in [1.54, 1.807) is 0 Å². The molecular weight excluding hydrogens is 328 g/mol. The van der Waals surface area contributed by atoms with E-state index >= 15 is 0 Å². The zero-order chi connectivity index (χ0) is 18.1. The molecule has 1 aromatic carbocycles. The smallest absolute Gasteiger partial charge is 0.226 e. The van der Waals surface area contributed by atoms with Crippen molar-refractivity contribution in [1.29, 1.82) is 5.41 Å². The molecular formula is C20H26N4O2. The maximum atomic E-state index is 12.5. The molecule has 4 N–H and O–H groups in total. The SMILES string of the molecule is N=C1C(C2NC(=O)C3CCCCC3N2)=C(O)CN1CCc1ccccc1. The van der Waals surface area contributed by atoms with Crippen LogP contribution in [0, 0.1) is 11.3 Å².